The lowest BCUT2D eigenvalue weighted by atomic mass is 9.56. The Kier molecular flexibility index (Phi) is 11.6. The third-order valence-corrected chi connectivity index (χ3v) is 23.8. The van der Waals surface area contributed by atoms with E-state index in [1.165, 1.54) is 20.7 Å². The molecule has 0 unspecified atom stereocenters. The summed E-state index contributed by atoms with van der Waals surface area (Å²) in [6.45, 7) is 15.7. The Morgan fingerprint density at radius 3 is 0.944 bits per heavy atom. The monoisotopic (exact) mass is 760 g/mol. The van der Waals surface area contributed by atoms with E-state index in [1.807, 2.05) is 0 Å². The van der Waals surface area contributed by atoms with Crippen LogP contribution >= 0.6 is 0 Å². The molecule has 0 amide bonds. The first-order valence-corrected chi connectivity index (χ1v) is 24.5. The SMILES string of the molecule is CC(C)(C)[Si](OC[C@@H]1C[C@@H]2C[C@H]3C[C@@H](O)[C@H](O)C[C@@H]3C[C@@H]2C[C@H]1CO[Si](c1ccccc1)(c1ccccc1)C(C)(C)C)(c1ccccc1)c1ccccc1. The molecule has 3 saturated carbocycles. The molecule has 4 aromatic rings. The van der Waals surface area contributed by atoms with Gasteiger partial charge in [0.25, 0.3) is 16.6 Å². The first-order valence-electron chi connectivity index (χ1n) is 20.7. The van der Waals surface area contributed by atoms with Crippen molar-refractivity contribution in [3.63, 3.8) is 0 Å². The molecule has 3 aliphatic rings. The van der Waals surface area contributed by atoms with Crippen molar-refractivity contribution < 1.29 is 19.1 Å². The molecular formula is C48H64O4Si2. The minimum absolute atomic E-state index is 0.0923. The second-order valence-electron chi connectivity index (χ2n) is 19.1. The van der Waals surface area contributed by atoms with E-state index < -0.39 is 28.8 Å². The van der Waals surface area contributed by atoms with Crippen molar-refractivity contribution in [1.82, 2.24) is 0 Å². The number of aliphatic hydroxyl groups excluding tert-OH is 2. The highest BCUT2D eigenvalue weighted by Gasteiger charge is 2.54. The van der Waals surface area contributed by atoms with E-state index in [0.29, 0.717) is 48.7 Å². The average Bonchev–Trinajstić information content (AvgIpc) is 3.16. The third kappa shape index (κ3) is 7.51. The van der Waals surface area contributed by atoms with Gasteiger partial charge in [0.1, 0.15) is 0 Å². The Labute approximate surface area is 327 Å². The predicted octanol–water partition coefficient (Wildman–Crippen LogP) is 7.94. The van der Waals surface area contributed by atoms with Crippen LogP contribution in [0.3, 0.4) is 0 Å². The number of hydrogen-bond donors (Lipinski definition) is 2. The fraction of sp³-hybridized carbons (Fsp3) is 0.500. The quantitative estimate of drug-likeness (QED) is 0.161. The maximum absolute atomic E-state index is 10.7. The molecule has 0 spiro atoms. The molecule has 0 bridgehead atoms. The summed E-state index contributed by atoms with van der Waals surface area (Å²) >= 11 is 0. The number of benzene rings is 4. The first-order chi connectivity index (χ1) is 25.8. The van der Waals surface area contributed by atoms with Gasteiger partial charge >= 0.3 is 0 Å². The normalized spacial score (nSPS) is 27.9. The summed E-state index contributed by atoms with van der Waals surface area (Å²) in [5.41, 5.74) is 0. The molecule has 0 heterocycles. The summed E-state index contributed by atoms with van der Waals surface area (Å²) < 4.78 is 15.5. The van der Waals surface area contributed by atoms with Gasteiger partial charge in [0.2, 0.25) is 0 Å². The van der Waals surface area contributed by atoms with Crippen LogP contribution in [0, 0.1) is 35.5 Å². The minimum atomic E-state index is -2.74. The Hall–Kier alpha value is -2.85. The van der Waals surface area contributed by atoms with E-state index in [4.69, 9.17) is 8.85 Å². The van der Waals surface area contributed by atoms with Crippen LogP contribution in [0.1, 0.15) is 80.1 Å². The number of aliphatic hydroxyl groups is 2. The van der Waals surface area contributed by atoms with E-state index >= 15 is 0 Å². The molecule has 8 atom stereocenters. The van der Waals surface area contributed by atoms with Crippen LogP contribution in [-0.4, -0.2) is 52.3 Å². The van der Waals surface area contributed by atoms with Crippen LogP contribution in [-0.2, 0) is 8.85 Å². The lowest BCUT2D eigenvalue weighted by Gasteiger charge is -2.52. The first kappa shape index (κ1) is 39.4. The average molecular weight is 761 g/mol. The van der Waals surface area contributed by atoms with Crippen molar-refractivity contribution in [1.29, 1.82) is 0 Å². The van der Waals surface area contributed by atoms with Crippen LogP contribution in [0.15, 0.2) is 121 Å². The maximum atomic E-state index is 10.7. The fourth-order valence-corrected chi connectivity index (χ4v) is 20.4. The molecule has 6 heteroatoms. The molecule has 3 fully saturated rings. The smallest absolute Gasteiger partial charge is 0.261 e. The highest BCUT2D eigenvalue weighted by molar-refractivity contribution is 7.00. The van der Waals surface area contributed by atoms with Crippen LogP contribution in [0.2, 0.25) is 10.1 Å². The summed E-state index contributed by atoms with van der Waals surface area (Å²) in [6.07, 6.45) is 4.84. The van der Waals surface area contributed by atoms with Gasteiger partial charge in [-0.05, 0) is 105 Å². The Morgan fingerprint density at radius 1 is 0.426 bits per heavy atom. The van der Waals surface area contributed by atoms with Gasteiger partial charge in [-0.1, -0.05) is 163 Å². The van der Waals surface area contributed by atoms with Crippen LogP contribution in [0.4, 0.5) is 0 Å². The lowest BCUT2D eigenvalue weighted by Crippen LogP contribution is -2.67. The van der Waals surface area contributed by atoms with E-state index in [2.05, 4.69) is 163 Å². The number of hydrogen-bond acceptors (Lipinski definition) is 4. The highest BCUT2D eigenvalue weighted by atomic mass is 28.4. The largest absolute Gasteiger partial charge is 0.407 e. The van der Waals surface area contributed by atoms with Gasteiger partial charge in [-0.15, -0.1) is 0 Å². The highest BCUT2D eigenvalue weighted by Crippen LogP contribution is 2.53. The molecule has 2 N–H and O–H groups in total. The molecule has 0 aliphatic heterocycles. The summed E-state index contributed by atoms with van der Waals surface area (Å²) in [6, 6.07) is 44.3. The van der Waals surface area contributed by atoms with E-state index in [0.717, 1.165) is 38.5 Å². The van der Waals surface area contributed by atoms with Gasteiger partial charge < -0.3 is 19.1 Å². The minimum Gasteiger partial charge on any atom is -0.407 e. The Bertz CT molecular complexity index is 1560. The second kappa shape index (κ2) is 16.0. The van der Waals surface area contributed by atoms with Gasteiger partial charge in [0.15, 0.2) is 0 Å². The van der Waals surface area contributed by atoms with E-state index in [9.17, 15) is 10.2 Å². The standard InChI is InChI=1S/C48H64O4Si2/c1-47(2,3)53(41-19-11-7-12-20-41,42-21-13-8-14-22-42)51-33-39-29-35-27-37-31-45(49)46(50)32-38(37)28-36(35)30-40(39)34-52-54(48(4,5)6,43-23-15-9-16-24-43)44-25-17-10-18-26-44/h7-26,35-40,45-46,49-50H,27-34H2,1-6H3/t35-,36+,37-,38-,39-,40-,45+,46+/m0/s1. The fourth-order valence-electron chi connectivity index (χ4n) is 11.2. The number of rotatable bonds is 10. The molecule has 288 valence electrons. The lowest BCUT2D eigenvalue weighted by molar-refractivity contribution is -0.0863. The summed E-state index contributed by atoms with van der Waals surface area (Å²) in [4.78, 5) is 0. The van der Waals surface area contributed by atoms with Crippen molar-refractivity contribution in [2.24, 2.45) is 35.5 Å². The van der Waals surface area contributed by atoms with Gasteiger partial charge in [0, 0.05) is 13.2 Å². The summed E-state index contributed by atoms with van der Waals surface area (Å²) in [7, 11) is -5.48. The molecular weight excluding hydrogens is 697 g/mol. The second-order valence-corrected chi connectivity index (χ2v) is 27.7. The molecule has 4 nitrogen and oxygen atoms in total. The van der Waals surface area contributed by atoms with E-state index in [1.54, 1.807) is 0 Å². The molecule has 0 aromatic heterocycles. The molecule has 4 aromatic carbocycles. The van der Waals surface area contributed by atoms with Crippen molar-refractivity contribution in [2.45, 2.75) is 102 Å². The van der Waals surface area contributed by atoms with Crippen LogP contribution < -0.4 is 20.7 Å². The predicted molar refractivity (Wildman–Crippen MR) is 228 cm³/mol. The van der Waals surface area contributed by atoms with Crippen molar-refractivity contribution >= 4 is 37.4 Å². The molecule has 0 saturated heterocycles. The Morgan fingerprint density at radius 2 is 0.685 bits per heavy atom. The Balaban J connectivity index is 1.26. The zero-order valence-corrected chi connectivity index (χ0v) is 35.5. The van der Waals surface area contributed by atoms with Gasteiger partial charge in [-0.2, -0.15) is 0 Å². The molecule has 0 radical (unpaired) electrons. The third-order valence-electron chi connectivity index (χ3n) is 13.8. The van der Waals surface area contributed by atoms with Crippen molar-refractivity contribution in [3.8, 4) is 0 Å². The van der Waals surface area contributed by atoms with Crippen LogP contribution in [0.5, 0.6) is 0 Å². The van der Waals surface area contributed by atoms with Crippen molar-refractivity contribution in [2.75, 3.05) is 13.2 Å². The van der Waals surface area contributed by atoms with Crippen molar-refractivity contribution in [3.05, 3.63) is 121 Å². The summed E-state index contributed by atoms with van der Waals surface area (Å²) in [5, 5.41) is 26.5. The summed E-state index contributed by atoms with van der Waals surface area (Å²) in [5.74, 6) is 2.89. The van der Waals surface area contributed by atoms with Crippen LogP contribution in [0.25, 0.3) is 0 Å². The van der Waals surface area contributed by atoms with Gasteiger partial charge in [-0.25, -0.2) is 0 Å². The number of fused-ring (bicyclic) bond motifs is 2. The topological polar surface area (TPSA) is 58.9 Å². The maximum Gasteiger partial charge on any atom is 0.261 e. The van der Waals surface area contributed by atoms with Gasteiger partial charge in [0.05, 0.1) is 12.2 Å². The molecule has 54 heavy (non-hydrogen) atoms. The van der Waals surface area contributed by atoms with Gasteiger partial charge in [-0.3, -0.25) is 0 Å². The van der Waals surface area contributed by atoms with E-state index in [-0.39, 0.29) is 10.1 Å². The molecule has 7 rings (SSSR count). The zero-order chi connectivity index (χ0) is 38.1. The molecule has 3 aliphatic carbocycles. The zero-order valence-electron chi connectivity index (χ0n) is 33.5.